The van der Waals surface area contributed by atoms with Crippen LogP contribution >= 0.6 is 11.6 Å². The Morgan fingerprint density at radius 3 is 2.59 bits per heavy atom. The summed E-state index contributed by atoms with van der Waals surface area (Å²) in [6, 6.07) is 0. The van der Waals surface area contributed by atoms with E-state index in [0.29, 0.717) is 6.20 Å². The summed E-state index contributed by atoms with van der Waals surface area (Å²) in [6.07, 6.45) is -3.73. The molecule has 0 bridgehead atoms. The van der Waals surface area contributed by atoms with Crippen LogP contribution in [-0.4, -0.2) is 60.6 Å². The fourth-order valence-electron chi connectivity index (χ4n) is 1.42. The second kappa shape index (κ2) is 6.92. The van der Waals surface area contributed by atoms with Crippen molar-refractivity contribution in [3.05, 3.63) is 27.8 Å². The molecule has 0 aliphatic heterocycles. The van der Waals surface area contributed by atoms with Gasteiger partial charge in [-0.25, -0.2) is 9.36 Å². The maximum atomic E-state index is 13.8. The van der Waals surface area contributed by atoms with Crippen molar-refractivity contribution in [2.24, 2.45) is 0 Å². The highest BCUT2D eigenvalue weighted by atomic mass is 35.5. The van der Waals surface area contributed by atoms with Gasteiger partial charge in [-0.05, 0) is 6.08 Å². The number of nitrogens with zero attached hydrogens (tertiary/aromatic N) is 2. The molecular weight excluding hydrogens is 330 g/mol. The molecule has 0 radical (unpaired) electrons. The van der Waals surface area contributed by atoms with Crippen LogP contribution in [0.2, 0.25) is 0 Å². The topological polar surface area (TPSA) is 133 Å². The van der Waals surface area contributed by atoms with Crippen LogP contribution in [0.4, 0.5) is 8.78 Å². The van der Waals surface area contributed by atoms with E-state index in [9.17, 15) is 28.6 Å². The number of aliphatic hydroxyl groups is 3. The quantitative estimate of drug-likeness (QED) is 0.548. The molecule has 2 atom stereocenters. The number of aliphatic hydroxyl groups excluding tert-OH is 3. The summed E-state index contributed by atoms with van der Waals surface area (Å²) in [5.41, 5.74) is -0.964. The number of carbonyl (C=O) groups is 1. The van der Waals surface area contributed by atoms with E-state index in [0.717, 1.165) is 11.6 Å². The highest BCUT2D eigenvalue weighted by molar-refractivity contribution is 6.27. The summed E-state index contributed by atoms with van der Waals surface area (Å²) in [5.74, 6) is -7.63. The second-order valence-electron chi connectivity index (χ2n) is 4.09. The van der Waals surface area contributed by atoms with Crippen molar-refractivity contribution in [2.45, 2.75) is 18.1 Å². The molecule has 0 unspecified atom stereocenters. The van der Waals surface area contributed by atoms with Gasteiger partial charge in [0.05, 0.1) is 12.2 Å². The lowest BCUT2D eigenvalue weighted by Gasteiger charge is -2.24. The molecular formula is C11H11ClF2N2O6. The molecule has 1 aromatic rings. The minimum absolute atomic E-state index is 0.154. The van der Waals surface area contributed by atoms with E-state index in [1.54, 1.807) is 0 Å². The fraction of sp³-hybridized carbons (Fsp3) is 0.364. The van der Waals surface area contributed by atoms with Gasteiger partial charge in [0.1, 0.15) is 6.10 Å². The van der Waals surface area contributed by atoms with Gasteiger partial charge in [0, 0.05) is 11.7 Å². The van der Waals surface area contributed by atoms with E-state index in [4.69, 9.17) is 21.8 Å². The number of aromatic hydroxyl groups is 1. The number of hydrogen-bond donors (Lipinski definition) is 4. The minimum Gasteiger partial charge on any atom is -0.493 e. The molecule has 0 fully saturated rings. The van der Waals surface area contributed by atoms with E-state index in [2.05, 4.69) is 4.98 Å². The minimum atomic E-state index is -4.59. The Kier molecular flexibility index (Phi) is 5.72. The van der Waals surface area contributed by atoms with Gasteiger partial charge in [0.2, 0.25) is 5.88 Å². The Morgan fingerprint density at radius 1 is 1.50 bits per heavy atom. The van der Waals surface area contributed by atoms with Crippen molar-refractivity contribution in [2.75, 3.05) is 6.61 Å². The monoisotopic (exact) mass is 340 g/mol. The Balaban J connectivity index is 3.33. The molecule has 1 rings (SSSR count). The molecule has 0 spiro atoms. The summed E-state index contributed by atoms with van der Waals surface area (Å²) in [5, 5.41) is 36.0. The third-order valence-electron chi connectivity index (χ3n) is 2.60. The third kappa shape index (κ3) is 3.47. The maximum absolute atomic E-state index is 13.8. The number of hydrogen-bond acceptors (Lipinski definition) is 7. The molecule has 0 saturated carbocycles. The molecule has 1 heterocycles. The molecule has 0 saturated heterocycles. The van der Waals surface area contributed by atoms with Crippen molar-refractivity contribution in [3.8, 4) is 5.88 Å². The van der Waals surface area contributed by atoms with E-state index in [1.807, 2.05) is 0 Å². The number of aromatic nitrogens is 2. The summed E-state index contributed by atoms with van der Waals surface area (Å²) in [7, 11) is 0. The summed E-state index contributed by atoms with van der Waals surface area (Å²) >= 11 is 5.24. The molecule has 1 aromatic heterocycles. The highest BCUT2D eigenvalue weighted by Crippen LogP contribution is 2.24. The van der Waals surface area contributed by atoms with E-state index in [1.165, 1.54) is 0 Å². The van der Waals surface area contributed by atoms with Crippen molar-refractivity contribution >= 4 is 23.6 Å². The molecule has 122 valence electrons. The van der Waals surface area contributed by atoms with Gasteiger partial charge in [0.25, 0.3) is 0 Å². The van der Waals surface area contributed by atoms with Crippen LogP contribution in [0, 0.1) is 0 Å². The SMILES string of the molecule is O=C(n1cc(C=CCl)c(O)nc1=O)C(F)(F)[C@@H](O)[C@H](O)CO. The molecule has 0 aliphatic rings. The van der Waals surface area contributed by atoms with Crippen LogP contribution in [0.3, 0.4) is 0 Å². The van der Waals surface area contributed by atoms with Crippen LogP contribution < -0.4 is 5.69 Å². The largest absolute Gasteiger partial charge is 0.493 e. The van der Waals surface area contributed by atoms with Crippen LogP contribution in [0.15, 0.2) is 16.5 Å². The first kappa shape index (κ1) is 18.2. The molecule has 22 heavy (non-hydrogen) atoms. The average molecular weight is 341 g/mol. The zero-order chi connectivity index (χ0) is 17.1. The van der Waals surface area contributed by atoms with Gasteiger partial charge >= 0.3 is 17.5 Å². The summed E-state index contributed by atoms with van der Waals surface area (Å²) in [4.78, 5) is 26.1. The van der Waals surface area contributed by atoms with Crippen LogP contribution in [0.1, 0.15) is 10.4 Å². The van der Waals surface area contributed by atoms with Crippen LogP contribution in [0.25, 0.3) is 6.08 Å². The van der Waals surface area contributed by atoms with Crippen molar-refractivity contribution in [1.82, 2.24) is 9.55 Å². The maximum Gasteiger partial charge on any atom is 0.357 e. The van der Waals surface area contributed by atoms with Crippen LogP contribution in [-0.2, 0) is 0 Å². The zero-order valence-electron chi connectivity index (χ0n) is 10.7. The Morgan fingerprint density at radius 2 is 2.09 bits per heavy atom. The van der Waals surface area contributed by atoms with E-state index >= 15 is 0 Å². The zero-order valence-corrected chi connectivity index (χ0v) is 11.5. The first-order chi connectivity index (χ1) is 10.2. The first-order valence-corrected chi connectivity index (χ1v) is 6.09. The lowest BCUT2D eigenvalue weighted by Crippen LogP contribution is -2.53. The van der Waals surface area contributed by atoms with E-state index < -0.39 is 42.2 Å². The average Bonchev–Trinajstić information content (AvgIpc) is 2.47. The standard InChI is InChI=1S/C11H11ClF2N2O6/c12-2-1-5-3-16(10(22)15-8(5)20)9(21)11(13,14)7(19)6(18)4-17/h1-3,6-7,17-19H,4H2,(H,15,20,22)/t6-,7+/m1/s1. The van der Waals surface area contributed by atoms with Gasteiger partial charge < -0.3 is 20.4 Å². The van der Waals surface area contributed by atoms with Gasteiger partial charge in [-0.1, -0.05) is 11.6 Å². The summed E-state index contributed by atoms with van der Waals surface area (Å²) in [6.45, 7) is -1.23. The normalized spacial score (nSPS) is 15.0. The van der Waals surface area contributed by atoms with Gasteiger partial charge in [-0.15, -0.1) is 0 Å². The Hall–Kier alpha value is -1.88. The van der Waals surface area contributed by atoms with Gasteiger partial charge in [-0.2, -0.15) is 13.8 Å². The number of alkyl halides is 2. The van der Waals surface area contributed by atoms with Crippen molar-refractivity contribution in [3.63, 3.8) is 0 Å². The second-order valence-corrected chi connectivity index (χ2v) is 4.34. The summed E-state index contributed by atoms with van der Waals surface area (Å²) < 4.78 is 27.4. The third-order valence-corrected chi connectivity index (χ3v) is 2.73. The molecule has 0 amide bonds. The predicted molar refractivity (Wildman–Crippen MR) is 69.7 cm³/mol. The molecule has 11 heteroatoms. The van der Waals surface area contributed by atoms with E-state index in [-0.39, 0.29) is 10.1 Å². The Bertz CT molecular complexity index is 648. The van der Waals surface area contributed by atoms with Crippen molar-refractivity contribution in [1.29, 1.82) is 0 Å². The van der Waals surface area contributed by atoms with Crippen LogP contribution in [0.5, 0.6) is 5.88 Å². The predicted octanol–water partition coefficient (Wildman–Crippen LogP) is -0.852. The molecule has 0 aliphatic carbocycles. The molecule has 8 nitrogen and oxygen atoms in total. The number of carbonyl (C=O) groups excluding carboxylic acids is 1. The van der Waals surface area contributed by atoms with Gasteiger partial charge in [0.15, 0.2) is 6.10 Å². The fourth-order valence-corrected chi connectivity index (χ4v) is 1.56. The smallest absolute Gasteiger partial charge is 0.357 e. The van der Waals surface area contributed by atoms with Gasteiger partial charge in [-0.3, -0.25) is 4.79 Å². The Labute approximate surface area is 126 Å². The lowest BCUT2D eigenvalue weighted by atomic mass is 10.1. The lowest BCUT2D eigenvalue weighted by molar-refractivity contribution is -0.136. The molecule has 4 N–H and O–H groups in total. The van der Waals surface area contributed by atoms with Crippen molar-refractivity contribution < 1.29 is 34.0 Å². The number of halogens is 3. The molecule has 0 aromatic carbocycles. The highest BCUT2D eigenvalue weighted by Gasteiger charge is 2.51. The first-order valence-electron chi connectivity index (χ1n) is 5.65. The number of rotatable bonds is 5.